The summed E-state index contributed by atoms with van der Waals surface area (Å²) in [5.74, 6) is 0.522. The van der Waals surface area contributed by atoms with Crippen LogP contribution in [0.3, 0.4) is 0 Å². The van der Waals surface area contributed by atoms with Crippen molar-refractivity contribution in [1.82, 2.24) is 0 Å². The lowest BCUT2D eigenvalue weighted by molar-refractivity contribution is 0.455. The molecule has 1 heterocycles. The normalized spacial score (nSPS) is 16.5. The van der Waals surface area contributed by atoms with E-state index in [1.54, 1.807) is 0 Å². The Bertz CT molecular complexity index is 138. The summed E-state index contributed by atoms with van der Waals surface area (Å²) in [6.45, 7) is 0.461. The van der Waals surface area contributed by atoms with Crippen LogP contribution in [0.2, 0.25) is 0 Å². The van der Waals surface area contributed by atoms with E-state index in [4.69, 9.17) is 27.9 Å². The van der Waals surface area contributed by atoms with Gasteiger partial charge in [-0.25, -0.2) is 4.99 Å². The van der Waals surface area contributed by atoms with Gasteiger partial charge in [0.15, 0.2) is 12.2 Å². The van der Waals surface area contributed by atoms with Gasteiger partial charge in [0.1, 0.15) is 11.0 Å². The third kappa shape index (κ3) is 1.14. The Morgan fingerprint density at radius 2 is 2.50 bits per heavy atom. The number of nitrogens with zero attached hydrogens (tertiary/aromatic N) is 1. The van der Waals surface area contributed by atoms with Gasteiger partial charge in [0.2, 0.25) is 0 Å². The monoisotopic (exact) mass is 151 g/mol. The number of halogens is 2. The van der Waals surface area contributed by atoms with Crippen LogP contribution < -0.4 is 0 Å². The molecule has 0 spiro atoms. The van der Waals surface area contributed by atoms with Crippen molar-refractivity contribution in [3.05, 3.63) is 10.3 Å². The van der Waals surface area contributed by atoms with Crippen LogP contribution in [0.5, 0.6) is 0 Å². The second-order valence-corrected chi connectivity index (χ2v) is 2.20. The van der Waals surface area contributed by atoms with Crippen LogP contribution in [-0.2, 0) is 4.74 Å². The van der Waals surface area contributed by atoms with E-state index >= 15 is 0 Å². The zero-order chi connectivity index (χ0) is 5.98. The van der Waals surface area contributed by atoms with Gasteiger partial charge >= 0.3 is 0 Å². The van der Waals surface area contributed by atoms with Gasteiger partial charge in [0.25, 0.3) is 0 Å². The molecule has 4 heteroatoms. The number of ether oxygens (including phenoxy) is 1. The van der Waals surface area contributed by atoms with Crippen LogP contribution in [0.25, 0.3) is 0 Å². The van der Waals surface area contributed by atoms with E-state index in [2.05, 4.69) is 4.99 Å². The van der Waals surface area contributed by atoms with Crippen molar-refractivity contribution in [2.75, 3.05) is 6.54 Å². The zero-order valence-corrected chi connectivity index (χ0v) is 5.41. The van der Waals surface area contributed by atoms with Crippen LogP contribution in [0.15, 0.2) is 15.2 Å². The number of aliphatic imine (C=N–C) groups is 1. The number of hydrogen-bond acceptors (Lipinski definition) is 2. The molecule has 1 aliphatic rings. The SMILES string of the molecule is ClC(Cl)=C1CN=CO1. The van der Waals surface area contributed by atoms with Gasteiger partial charge < -0.3 is 4.74 Å². The Hall–Kier alpha value is -0.210. The van der Waals surface area contributed by atoms with Crippen LogP contribution in [0, 0.1) is 0 Å². The molecule has 0 aromatic rings. The average Bonchev–Trinajstić information content (AvgIpc) is 2.12. The van der Waals surface area contributed by atoms with Crippen LogP contribution in [0.4, 0.5) is 0 Å². The fourth-order valence-corrected chi connectivity index (χ4v) is 0.571. The fourth-order valence-electron chi connectivity index (χ4n) is 0.363. The van der Waals surface area contributed by atoms with E-state index in [1.165, 1.54) is 6.40 Å². The van der Waals surface area contributed by atoms with Crippen molar-refractivity contribution in [3.8, 4) is 0 Å². The minimum Gasteiger partial charge on any atom is -0.446 e. The van der Waals surface area contributed by atoms with E-state index < -0.39 is 0 Å². The van der Waals surface area contributed by atoms with Crippen molar-refractivity contribution < 1.29 is 4.74 Å². The third-order valence-electron chi connectivity index (χ3n) is 0.715. The minimum atomic E-state index is 0.155. The molecule has 1 aliphatic heterocycles. The Morgan fingerprint density at radius 1 is 1.75 bits per heavy atom. The van der Waals surface area contributed by atoms with Gasteiger partial charge in [-0.2, -0.15) is 0 Å². The standard InChI is InChI=1S/C4H3Cl2NO/c5-4(6)3-1-7-2-8-3/h2H,1H2. The van der Waals surface area contributed by atoms with Crippen LogP contribution >= 0.6 is 23.2 Å². The first kappa shape index (κ1) is 5.92. The lowest BCUT2D eigenvalue weighted by Gasteiger charge is -1.91. The highest BCUT2D eigenvalue weighted by Gasteiger charge is 2.05. The van der Waals surface area contributed by atoms with Gasteiger partial charge in [0, 0.05) is 0 Å². The maximum absolute atomic E-state index is 5.32. The van der Waals surface area contributed by atoms with Crippen molar-refractivity contribution in [1.29, 1.82) is 0 Å². The van der Waals surface area contributed by atoms with Crippen LogP contribution in [0.1, 0.15) is 0 Å². The first-order valence-corrected chi connectivity index (χ1v) is 2.75. The number of rotatable bonds is 0. The lowest BCUT2D eigenvalue weighted by Crippen LogP contribution is -1.83. The fraction of sp³-hybridized carbons (Fsp3) is 0.250. The summed E-state index contributed by atoms with van der Waals surface area (Å²) in [7, 11) is 0. The molecule has 0 radical (unpaired) electrons. The van der Waals surface area contributed by atoms with Gasteiger partial charge in [-0.3, -0.25) is 0 Å². The van der Waals surface area contributed by atoms with E-state index in [1.807, 2.05) is 0 Å². The molecule has 0 bridgehead atoms. The van der Waals surface area contributed by atoms with Gasteiger partial charge in [0.05, 0.1) is 0 Å². The summed E-state index contributed by atoms with van der Waals surface area (Å²) in [5.41, 5.74) is 0. The smallest absolute Gasteiger partial charge is 0.176 e. The van der Waals surface area contributed by atoms with E-state index in [0.29, 0.717) is 12.3 Å². The molecule has 0 fully saturated rings. The molecule has 0 atom stereocenters. The summed E-state index contributed by atoms with van der Waals surface area (Å²) < 4.78 is 4.89. The van der Waals surface area contributed by atoms with E-state index in [-0.39, 0.29) is 4.49 Å². The number of hydrogen-bond donors (Lipinski definition) is 0. The quantitative estimate of drug-likeness (QED) is 0.517. The molecule has 0 N–H and O–H groups in total. The van der Waals surface area contributed by atoms with Gasteiger partial charge in [-0.05, 0) is 0 Å². The molecule has 0 amide bonds. The van der Waals surface area contributed by atoms with Gasteiger partial charge in [-0.1, -0.05) is 23.2 Å². The zero-order valence-electron chi connectivity index (χ0n) is 3.90. The molecule has 8 heavy (non-hydrogen) atoms. The third-order valence-corrected chi connectivity index (χ3v) is 1.14. The maximum atomic E-state index is 5.32. The largest absolute Gasteiger partial charge is 0.446 e. The van der Waals surface area contributed by atoms with Crippen molar-refractivity contribution >= 4 is 29.6 Å². The minimum absolute atomic E-state index is 0.155. The molecular weight excluding hydrogens is 149 g/mol. The highest BCUT2D eigenvalue weighted by molar-refractivity contribution is 6.56. The molecule has 1 rings (SSSR count). The second-order valence-electron chi connectivity index (χ2n) is 1.25. The first-order valence-electron chi connectivity index (χ1n) is 2.00. The molecule has 2 nitrogen and oxygen atoms in total. The Labute approximate surface area is 56.8 Å². The van der Waals surface area contributed by atoms with Crippen molar-refractivity contribution in [3.63, 3.8) is 0 Å². The second kappa shape index (κ2) is 2.37. The molecule has 0 aromatic carbocycles. The molecular formula is C4H3Cl2NO. The Morgan fingerprint density at radius 3 is 2.75 bits per heavy atom. The van der Waals surface area contributed by atoms with Crippen molar-refractivity contribution in [2.45, 2.75) is 0 Å². The van der Waals surface area contributed by atoms with Crippen LogP contribution in [-0.4, -0.2) is 12.9 Å². The topological polar surface area (TPSA) is 21.6 Å². The van der Waals surface area contributed by atoms with Gasteiger partial charge in [-0.15, -0.1) is 0 Å². The molecule has 0 saturated heterocycles. The molecule has 0 unspecified atom stereocenters. The summed E-state index contributed by atoms with van der Waals surface area (Å²) in [6, 6.07) is 0. The average molecular weight is 152 g/mol. The summed E-state index contributed by atoms with van der Waals surface area (Å²) >= 11 is 10.6. The highest BCUT2D eigenvalue weighted by Crippen LogP contribution is 2.17. The molecule has 0 aromatic heterocycles. The van der Waals surface area contributed by atoms with E-state index in [0.717, 1.165) is 0 Å². The summed E-state index contributed by atoms with van der Waals surface area (Å²) in [4.78, 5) is 3.71. The molecule has 0 saturated carbocycles. The maximum Gasteiger partial charge on any atom is 0.176 e. The summed E-state index contributed by atoms with van der Waals surface area (Å²) in [6.07, 6.45) is 1.32. The van der Waals surface area contributed by atoms with E-state index in [9.17, 15) is 0 Å². The summed E-state index contributed by atoms with van der Waals surface area (Å²) in [5, 5.41) is 0. The first-order chi connectivity index (χ1) is 3.80. The highest BCUT2D eigenvalue weighted by atomic mass is 35.5. The molecule has 0 aliphatic carbocycles. The Balaban J connectivity index is 2.64. The lowest BCUT2D eigenvalue weighted by atomic mass is 10.6. The predicted octanol–water partition coefficient (Wildman–Crippen LogP) is 1.69. The van der Waals surface area contributed by atoms with Crippen molar-refractivity contribution in [2.24, 2.45) is 4.99 Å². The molecule has 44 valence electrons. The predicted molar refractivity (Wildman–Crippen MR) is 33.2 cm³/mol. The Kier molecular flexibility index (Phi) is 1.76.